The van der Waals surface area contributed by atoms with E-state index in [9.17, 15) is 0 Å². The summed E-state index contributed by atoms with van der Waals surface area (Å²) in [5.74, 6) is 0. The minimum absolute atomic E-state index is 0. The molecule has 0 atom stereocenters. The van der Waals surface area contributed by atoms with E-state index in [0.29, 0.717) is 0 Å². The van der Waals surface area contributed by atoms with E-state index in [-0.39, 0.29) is 12.4 Å². The molecule has 3 nitrogen and oxygen atoms in total. The van der Waals surface area contributed by atoms with Crippen LogP contribution in [0.1, 0.15) is 31.5 Å². The second-order valence-electron chi connectivity index (χ2n) is 3.27. The monoisotopic (exact) mass is 217 g/mol. The second-order valence-corrected chi connectivity index (χ2v) is 3.27. The van der Waals surface area contributed by atoms with Crippen LogP contribution >= 0.6 is 12.4 Å². The zero-order valence-electron chi connectivity index (χ0n) is 9.21. The molecule has 82 valence electrons. The van der Waals surface area contributed by atoms with Crippen LogP contribution in [-0.2, 0) is 13.1 Å². The lowest BCUT2D eigenvalue weighted by atomic mass is 10.2. The number of hydrogen-bond acceptors (Lipinski definition) is 2. The van der Waals surface area contributed by atoms with Crippen molar-refractivity contribution in [1.29, 1.82) is 0 Å². The van der Waals surface area contributed by atoms with Crippen LogP contribution < -0.4 is 5.32 Å². The van der Waals surface area contributed by atoms with Gasteiger partial charge in [-0.25, -0.2) is 0 Å². The van der Waals surface area contributed by atoms with Crippen LogP contribution in [0.15, 0.2) is 6.20 Å². The van der Waals surface area contributed by atoms with Crippen LogP contribution in [0.2, 0.25) is 0 Å². The number of halogens is 1. The van der Waals surface area contributed by atoms with E-state index in [1.807, 2.05) is 4.68 Å². The van der Waals surface area contributed by atoms with Gasteiger partial charge in [0, 0.05) is 24.8 Å². The van der Waals surface area contributed by atoms with Crippen LogP contribution in [0.5, 0.6) is 0 Å². The SMILES string of the molecule is CCCNCc1cn(CC)nc1C.Cl. The fraction of sp³-hybridized carbons (Fsp3) is 0.700. The predicted octanol–water partition coefficient (Wildman–Crippen LogP) is 2.13. The molecule has 0 spiro atoms. The van der Waals surface area contributed by atoms with Crippen molar-refractivity contribution in [3.63, 3.8) is 0 Å². The van der Waals surface area contributed by atoms with Gasteiger partial charge in [-0.1, -0.05) is 6.92 Å². The summed E-state index contributed by atoms with van der Waals surface area (Å²) < 4.78 is 1.98. The average molecular weight is 218 g/mol. The molecule has 0 saturated heterocycles. The highest BCUT2D eigenvalue weighted by Gasteiger charge is 2.02. The van der Waals surface area contributed by atoms with E-state index >= 15 is 0 Å². The first-order chi connectivity index (χ1) is 6.27. The van der Waals surface area contributed by atoms with Crippen molar-refractivity contribution in [3.8, 4) is 0 Å². The maximum absolute atomic E-state index is 4.38. The van der Waals surface area contributed by atoms with Gasteiger partial charge in [0.25, 0.3) is 0 Å². The number of rotatable bonds is 5. The molecule has 0 saturated carbocycles. The molecule has 1 heterocycles. The Hall–Kier alpha value is -0.540. The highest BCUT2D eigenvalue weighted by Crippen LogP contribution is 2.04. The number of nitrogens with zero attached hydrogens (tertiary/aromatic N) is 2. The summed E-state index contributed by atoms with van der Waals surface area (Å²) in [7, 11) is 0. The Morgan fingerprint density at radius 2 is 2.14 bits per heavy atom. The molecule has 0 amide bonds. The Balaban J connectivity index is 0.00000169. The first-order valence-corrected chi connectivity index (χ1v) is 5.01. The van der Waals surface area contributed by atoms with Gasteiger partial charge < -0.3 is 5.32 Å². The van der Waals surface area contributed by atoms with Gasteiger partial charge in [-0.2, -0.15) is 5.10 Å². The minimum Gasteiger partial charge on any atom is -0.313 e. The van der Waals surface area contributed by atoms with Gasteiger partial charge in [-0.15, -0.1) is 12.4 Å². The van der Waals surface area contributed by atoms with E-state index in [4.69, 9.17) is 0 Å². The lowest BCUT2D eigenvalue weighted by Crippen LogP contribution is -2.13. The van der Waals surface area contributed by atoms with E-state index in [1.165, 1.54) is 12.0 Å². The maximum atomic E-state index is 4.38. The first kappa shape index (κ1) is 13.5. The summed E-state index contributed by atoms with van der Waals surface area (Å²) in [6, 6.07) is 0. The molecular formula is C10H20ClN3. The molecule has 0 fully saturated rings. The molecule has 14 heavy (non-hydrogen) atoms. The lowest BCUT2D eigenvalue weighted by Gasteiger charge is -1.99. The van der Waals surface area contributed by atoms with Crippen molar-refractivity contribution in [2.45, 2.75) is 40.3 Å². The van der Waals surface area contributed by atoms with Gasteiger partial charge in [0.05, 0.1) is 5.69 Å². The zero-order valence-corrected chi connectivity index (χ0v) is 10.0. The van der Waals surface area contributed by atoms with Gasteiger partial charge >= 0.3 is 0 Å². The molecule has 0 aliphatic rings. The van der Waals surface area contributed by atoms with Gasteiger partial charge in [0.2, 0.25) is 0 Å². The molecule has 0 aromatic carbocycles. The smallest absolute Gasteiger partial charge is 0.0638 e. The molecule has 1 rings (SSSR count). The van der Waals surface area contributed by atoms with Crippen molar-refractivity contribution >= 4 is 12.4 Å². The minimum atomic E-state index is 0. The van der Waals surface area contributed by atoms with E-state index in [1.54, 1.807) is 0 Å². The van der Waals surface area contributed by atoms with Crippen LogP contribution in [0.25, 0.3) is 0 Å². The Labute approximate surface area is 92.3 Å². The van der Waals surface area contributed by atoms with Crippen molar-refractivity contribution in [2.24, 2.45) is 0 Å². The molecule has 0 aliphatic carbocycles. The molecule has 1 N–H and O–H groups in total. The van der Waals surface area contributed by atoms with Gasteiger partial charge in [0.1, 0.15) is 0 Å². The molecule has 4 heteroatoms. The third-order valence-electron chi connectivity index (χ3n) is 2.11. The molecule has 1 aromatic heterocycles. The molecule has 0 bridgehead atoms. The van der Waals surface area contributed by atoms with E-state index < -0.39 is 0 Å². The summed E-state index contributed by atoms with van der Waals surface area (Å²) in [6.45, 7) is 9.32. The Morgan fingerprint density at radius 1 is 1.43 bits per heavy atom. The lowest BCUT2D eigenvalue weighted by molar-refractivity contribution is 0.650. The normalized spacial score (nSPS) is 9.93. The molecular weight excluding hydrogens is 198 g/mol. The number of nitrogens with one attached hydrogen (secondary N) is 1. The summed E-state index contributed by atoms with van der Waals surface area (Å²) in [4.78, 5) is 0. The van der Waals surface area contributed by atoms with Crippen molar-refractivity contribution in [3.05, 3.63) is 17.5 Å². The topological polar surface area (TPSA) is 29.9 Å². The van der Waals surface area contributed by atoms with Gasteiger partial charge in [-0.3, -0.25) is 4.68 Å². The third-order valence-corrected chi connectivity index (χ3v) is 2.11. The van der Waals surface area contributed by atoms with Crippen molar-refractivity contribution in [1.82, 2.24) is 15.1 Å². The standard InChI is InChI=1S/C10H19N3.ClH/c1-4-6-11-7-10-8-13(5-2)12-9(10)3;/h8,11H,4-7H2,1-3H3;1H. The van der Waals surface area contributed by atoms with E-state index in [0.717, 1.165) is 25.3 Å². The fourth-order valence-corrected chi connectivity index (χ4v) is 1.29. The van der Waals surface area contributed by atoms with Crippen LogP contribution in [0.3, 0.4) is 0 Å². The molecule has 0 aliphatic heterocycles. The Kier molecular flexibility index (Phi) is 6.58. The van der Waals surface area contributed by atoms with Gasteiger partial charge in [-0.05, 0) is 26.8 Å². The summed E-state index contributed by atoms with van der Waals surface area (Å²) in [5.41, 5.74) is 2.46. The Morgan fingerprint density at radius 3 is 2.64 bits per heavy atom. The molecule has 0 unspecified atom stereocenters. The maximum Gasteiger partial charge on any atom is 0.0638 e. The summed E-state index contributed by atoms with van der Waals surface area (Å²) in [5, 5.41) is 7.76. The summed E-state index contributed by atoms with van der Waals surface area (Å²) in [6.07, 6.45) is 3.30. The van der Waals surface area contributed by atoms with Crippen LogP contribution in [-0.4, -0.2) is 16.3 Å². The highest BCUT2D eigenvalue weighted by molar-refractivity contribution is 5.85. The number of aryl methyl sites for hydroxylation is 2. The highest BCUT2D eigenvalue weighted by atomic mass is 35.5. The van der Waals surface area contributed by atoms with E-state index in [2.05, 4.69) is 37.4 Å². The van der Waals surface area contributed by atoms with Crippen LogP contribution in [0, 0.1) is 6.92 Å². The first-order valence-electron chi connectivity index (χ1n) is 5.01. The third kappa shape index (κ3) is 3.68. The van der Waals surface area contributed by atoms with Crippen molar-refractivity contribution in [2.75, 3.05) is 6.54 Å². The fourth-order valence-electron chi connectivity index (χ4n) is 1.29. The van der Waals surface area contributed by atoms with Gasteiger partial charge in [0.15, 0.2) is 0 Å². The second kappa shape index (κ2) is 6.85. The zero-order chi connectivity index (χ0) is 9.68. The van der Waals surface area contributed by atoms with Crippen molar-refractivity contribution < 1.29 is 0 Å². The average Bonchev–Trinajstić information content (AvgIpc) is 2.48. The predicted molar refractivity (Wildman–Crippen MR) is 61.9 cm³/mol. The molecule has 0 radical (unpaired) electrons. The van der Waals surface area contributed by atoms with Crippen LogP contribution in [0.4, 0.5) is 0 Å². The number of hydrogen-bond donors (Lipinski definition) is 1. The summed E-state index contributed by atoms with van der Waals surface area (Å²) >= 11 is 0. The molecule has 1 aromatic rings. The number of aromatic nitrogens is 2. The quantitative estimate of drug-likeness (QED) is 0.766. The Bertz CT molecular complexity index is 258. The largest absolute Gasteiger partial charge is 0.313 e.